The van der Waals surface area contributed by atoms with E-state index in [1.54, 1.807) is 12.3 Å². The Balaban J connectivity index is 1.54. The van der Waals surface area contributed by atoms with E-state index in [0.717, 1.165) is 43.3 Å². The molecule has 4 heterocycles. The van der Waals surface area contributed by atoms with Crippen LogP contribution in [0.25, 0.3) is 22.0 Å². The van der Waals surface area contributed by atoms with Gasteiger partial charge in [-0.25, -0.2) is 9.97 Å². The van der Waals surface area contributed by atoms with Crippen LogP contribution < -0.4 is 25.4 Å². The van der Waals surface area contributed by atoms with Crippen LogP contribution in [-0.4, -0.2) is 86.5 Å². The van der Waals surface area contributed by atoms with Crippen LogP contribution in [0.3, 0.4) is 0 Å². The molecule has 2 aliphatic heterocycles. The van der Waals surface area contributed by atoms with Gasteiger partial charge in [-0.1, -0.05) is 29.8 Å². The molecule has 2 fully saturated rings. The Kier molecular flexibility index (Phi) is 9.03. The molecule has 0 radical (unpaired) electrons. The van der Waals surface area contributed by atoms with Crippen LogP contribution in [0.15, 0.2) is 37.1 Å². The number of carbonyl (C=O) groups is 1. The number of halogens is 2. The van der Waals surface area contributed by atoms with Gasteiger partial charge < -0.3 is 35.1 Å². The van der Waals surface area contributed by atoms with Gasteiger partial charge in [-0.3, -0.25) is 4.79 Å². The van der Waals surface area contributed by atoms with Gasteiger partial charge in [0.1, 0.15) is 23.1 Å². The van der Waals surface area contributed by atoms with Crippen LogP contribution in [-0.2, 0) is 9.53 Å². The zero-order valence-corrected chi connectivity index (χ0v) is 24.8. The summed E-state index contributed by atoms with van der Waals surface area (Å²) in [5.74, 6) is 1.97. The maximum Gasteiger partial charge on any atom is 0.243 e. The van der Waals surface area contributed by atoms with E-state index in [1.807, 2.05) is 19.2 Å². The number of hydrogen-bond donors (Lipinski definition) is 3. The highest BCUT2D eigenvalue weighted by Gasteiger charge is 2.32. The van der Waals surface area contributed by atoms with E-state index < -0.39 is 0 Å². The number of likely N-dealkylation sites (N-methyl/N-ethyl adjacent to an activating group) is 1. The second-order valence-electron chi connectivity index (χ2n) is 10.2. The minimum absolute atomic E-state index is 0.0359. The van der Waals surface area contributed by atoms with Gasteiger partial charge in [0.15, 0.2) is 0 Å². The molecule has 3 aromatic rings. The Bertz CT molecular complexity index is 1420. The van der Waals surface area contributed by atoms with Crippen LogP contribution in [0.4, 0.5) is 11.6 Å². The lowest BCUT2D eigenvalue weighted by atomic mass is 10.1. The van der Waals surface area contributed by atoms with Gasteiger partial charge in [0.25, 0.3) is 0 Å². The molecule has 2 aliphatic rings. The molecule has 2 aromatic heterocycles. The molecule has 1 aromatic carbocycles. The molecule has 41 heavy (non-hydrogen) atoms. The number of anilines is 2. The Morgan fingerprint density at radius 1 is 1.17 bits per heavy atom. The van der Waals surface area contributed by atoms with Crippen molar-refractivity contribution >= 4 is 51.5 Å². The summed E-state index contributed by atoms with van der Waals surface area (Å²) in [6, 6.07) is 5.38. The van der Waals surface area contributed by atoms with Crippen LogP contribution >= 0.6 is 23.2 Å². The average Bonchev–Trinajstić information content (AvgIpc) is 3.61. The van der Waals surface area contributed by atoms with Gasteiger partial charge >= 0.3 is 0 Å². The number of amides is 1. The van der Waals surface area contributed by atoms with Crippen molar-refractivity contribution in [2.24, 2.45) is 0 Å². The molecule has 1 amide bonds. The summed E-state index contributed by atoms with van der Waals surface area (Å²) in [4.78, 5) is 23.8. The summed E-state index contributed by atoms with van der Waals surface area (Å²) in [6.45, 7) is 6.39. The van der Waals surface area contributed by atoms with Gasteiger partial charge in [0.05, 0.1) is 48.1 Å². The molecule has 3 atom stereocenters. The van der Waals surface area contributed by atoms with E-state index in [9.17, 15) is 4.79 Å². The third-order valence-corrected chi connectivity index (χ3v) is 8.16. The Morgan fingerprint density at radius 2 is 1.90 bits per heavy atom. The lowest BCUT2D eigenvalue weighted by Gasteiger charge is -2.22. The number of nitrogens with zero attached hydrogens (tertiary/aromatic N) is 3. The topological polar surface area (TPSA) is 110 Å². The number of ether oxygens (including phenoxy) is 3. The minimum atomic E-state index is -0.201. The van der Waals surface area contributed by atoms with Crippen molar-refractivity contribution in [2.75, 3.05) is 58.1 Å². The summed E-state index contributed by atoms with van der Waals surface area (Å²) < 4.78 is 16.8. The van der Waals surface area contributed by atoms with Crippen molar-refractivity contribution in [3.8, 4) is 22.8 Å². The molecule has 10 nitrogen and oxygen atoms in total. The van der Waals surface area contributed by atoms with Crippen molar-refractivity contribution in [1.29, 1.82) is 0 Å². The number of carbonyl (C=O) groups excluding carboxylic acids is 1. The summed E-state index contributed by atoms with van der Waals surface area (Å²) in [7, 11) is 5.09. The van der Waals surface area contributed by atoms with Crippen molar-refractivity contribution in [3.05, 3.63) is 47.1 Å². The second-order valence-corrected chi connectivity index (χ2v) is 11.0. The lowest BCUT2D eigenvalue weighted by Crippen LogP contribution is -2.45. The third-order valence-electron chi connectivity index (χ3n) is 7.41. The number of nitrogens with one attached hydrogen (secondary N) is 3. The molecular weight excluding hydrogens is 567 g/mol. The van der Waals surface area contributed by atoms with E-state index >= 15 is 0 Å². The fourth-order valence-electron chi connectivity index (χ4n) is 5.34. The number of pyridine rings is 2. The van der Waals surface area contributed by atoms with Crippen LogP contribution in [0.2, 0.25) is 10.0 Å². The Labute approximate surface area is 249 Å². The maximum absolute atomic E-state index is 12.0. The first-order valence-corrected chi connectivity index (χ1v) is 14.2. The van der Waals surface area contributed by atoms with E-state index in [0.29, 0.717) is 51.0 Å². The molecular formula is C29H34Cl2N6O4. The molecule has 5 rings (SSSR count). The molecule has 0 saturated carbocycles. The highest BCUT2D eigenvalue weighted by atomic mass is 35.5. The number of aromatic nitrogens is 2. The van der Waals surface area contributed by atoms with Gasteiger partial charge in [-0.2, -0.15) is 0 Å². The van der Waals surface area contributed by atoms with Gasteiger partial charge in [0, 0.05) is 54.8 Å². The van der Waals surface area contributed by atoms with Crippen molar-refractivity contribution in [2.45, 2.75) is 31.0 Å². The van der Waals surface area contributed by atoms with Crippen LogP contribution in [0.1, 0.15) is 12.8 Å². The maximum atomic E-state index is 12.0. The number of likely N-dealkylation sites (tertiary alicyclic amines) is 1. The average molecular weight is 602 g/mol. The normalized spacial score (nSPS) is 20.7. The number of methoxy groups -OCH3 is 2. The van der Waals surface area contributed by atoms with E-state index in [1.165, 1.54) is 20.3 Å². The molecule has 218 valence electrons. The minimum Gasteiger partial charge on any atom is -0.495 e. The van der Waals surface area contributed by atoms with Gasteiger partial charge in [0.2, 0.25) is 5.91 Å². The predicted molar refractivity (Wildman–Crippen MR) is 163 cm³/mol. The molecule has 12 heteroatoms. The zero-order chi connectivity index (χ0) is 29.1. The lowest BCUT2D eigenvalue weighted by molar-refractivity contribution is -0.117. The summed E-state index contributed by atoms with van der Waals surface area (Å²) in [6.07, 6.45) is 5.19. The molecule has 3 N–H and O–H groups in total. The van der Waals surface area contributed by atoms with Crippen molar-refractivity contribution in [3.63, 3.8) is 0 Å². The van der Waals surface area contributed by atoms with Crippen LogP contribution in [0.5, 0.6) is 11.5 Å². The van der Waals surface area contributed by atoms with Crippen LogP contribution in [0, 0.1) is 0 Å². The first-order chi connectivity index (χ1) is 19.8. The summed E-state index contributed by atoms with van der Waals surface area (Å²) >= 11 is 13.5. The third kappa shape index (κ3) is 6.30. The molecule has 1 unspecified atom stereocenters. The highest BCUT2D eigenvalue weighted by Crippen LogP contribution is 2.46. The monoisotopic (exact) mass is 600 g/mol. The highest BCUT2D eigenvalue weighted by molar-refractivity contribution is 6.41. The quantitative estimate of drug-likeness (QED) is 0.287. The number of benzene rings is 1. The van der Waals surface area contributed by atoms with E-state index in [4.69, 9.17) is 47.4 Å². The number of hydrogen-bond acceptors (Lipinski definition) is 9. The molecule has 0 spiro atoms. The fourth-order valence-corrected chi connectivity index (χ4v) is 6.03. The first-order valence-electron chi connectivity index (χ1n) is 13.5. The fraction of sp³-hybridized carbons (Fsp3) is 0.414. The SMILES string of the molecule is C=CC(=O)N[C@H]1CN(C)C[C@H]1Nc1cc2c(NCC3CCCO3)nc(-c3c(Cl)c(OC)cc(OC)c3Cl)cc2cn1. The summed E-state index contributed by atoms with van der Waals surface area (Å²) in [5, 5.41) is 12.4. The summed E-state index contributed by atoms with van der Waals surface area (Å²) in [5.41, 5.74) is 1.05. The van der Waals surface area contributed by atoms with Crippen molar-refractivity contribution in [1.82, 2.24) is 20.2 Å². The zero-order valence-electron chi connectivity index (χ0n) is 23.3. The molecule has 0 bridgehead atoms. The smallest absolute Gasteiger partial charge is 0.243 e. The Hall–Kier alpha value is -3.31. The van der Waals surface area contributed by atoms with E-state index in [-0.39, 0.29) is 24.1 Å². The number of rotatable bonds is 10. The predicted octanol–water partition coefficient (Wildman–Crippen LogP) is 4.61. The standard InChI is InChI=1S/C29H34Cl2N6O4/c1-5-25(38)35-21-15-37(2)14-20(21)34-24-10-18-16(12-32-24)9-19(36-29(18)33-13-17-7-6-8-41-17)26-27(30)22(39-3)11-23(40-4)28(26)31/h5,9-12,17,20-21H,1,6-8,13-15H2,2-4H3,(H,32,34)(H,33,36)(H,35,38)/t17?,20-,21+/m1/s1. The largest absolute Gasteiger partial charge is 0.495 e. The van der Waals surface area contributed by atoms with E-state index in [2.05, 4.69) is 27.4 Å². The van der Waals surface area contributed by atoms with Gasteiger partial charge in [-0.15, -0.1) is 0 Å². The number of fused-ring (bicyclic) bond motifs is 1. The molecule has 0 aliphatic carbocycles. The van der Waals surface area contributed by atoms with Crippen molar-refractivity contribution < 1.29 is 19.0 Å². The second kappa shape index (κ2) is 12.7. The molecule has 2 saturated heterocycles. The first kappa shape index (κ1) is 29.2. The van der Waals surface area contributed by atoms with Gasteiger partial charge in [-0.05, 0) is 38.1 Å². The Morgan fingerprint density at radius 3 is 2.56 bits per heavy atom.